The predicted molar refractivity (Wildman–Crippen MR) is 105 cm³/mol. The lowest BCUT2D eigenvalue weighted by Crippen LogP contribution is -2.43. The van der Waals surface area contributed by atoms with Crippen molar-refractivity contribution in [1.29, 1.82) is 0 Å². The summed E-state index contributed by atoms with van der Waals surface area (Å²) in [5.74, 6) is 0.990. The zero-order valence-corrected chi connectivity index (χ0v) is 15.9. The van der Waals surface area contributed by atoms with Gasteiger partial charge in [-0.3, -0.25) is 4.79 Å². The molecule has 1 heterocycles. The molecule has 1 aliphatic heterocycles. The van der Waals surface area contributed by atoms with Gasteiger partial charge in [-0.05, 0) is 67.9 Å². The van der Waals surface area contributed by atoms with Crippen LogP contribution in [-0.4, -0.2) is 37.0 Å². The number of carbonyl (C=O) groups is 1. The molecule has 2 aromatic carbocycles. The van der Waals surface area contributed by atoms with E-state index in [1.165, 1.54) is 10.5 Å². The van der Waals surface area contributed by atoms with Crippen LogP contribution in [0.3, 0.4) is 0 Å². The molecule has 0 spiro atoms. The van der Waals surface area contributed by atoms with Gasteiger partial charge in [-0.25, -0.2) is 0 Å². The van der Waals surface area contributed by atoms with Gasteiger partial charge >= 0.3 is 0 Å². The Morgan fingerprint density at radius 3 is 2.40 bits per heavy atom. The molecule has 0 aromatic heterocycles. The van der Waals surface area contributed by atoms with Crippen molar-refractivity contribution in [3.8, 4) is 0 Å². The van der Waals surface area contributed by atoms with E-state index >= 15 is 0 Å². The summed E-state index contributed by atoms with van der Waals surface area (Å²) in [6, 6.07) is 16.2. The summed E-state index contributed by atoms with van der Waals surface area (Å²) in [5.41, 5.74) is 1.97. The monoisotopic (exact) mass is 374 g/mol. The first-order valence-corrected chi connectivity index (χ1v) is 9.95. The number of nitrogens with zero attached hydrogens (tertiary/aromatic N) is 1. The minimum absolute atomic E-state index is 0.115. The fourth-order valence-corrected chi connectivity index (χ4v) is 3.98. The molecular weight excluding hydrogens is 352 g/mol. The van der Waals surface area contributed by atoms with Gasteiger partial charge in [-0.2, -0.15) is 0 Å². The molecule has 1 amide bonds. The summed E-state index contributed by atoms with van der Waals surface area (Å²) < 4.78 is 0. The second kappa shape index (κ2) is 8.75. The SMILES string of the molecule is CN(C(=O)c1ccc(CSc2ccc(Cl)cc2)cc1)C1CCNCC1. The number of amides is 1. The van der Waals surface area contributed by atoms with E-state index in [-0.39, 0.29) is 5.91 Å². The Morgan fingerprint density at radius 1 is 1.12 bits per heavy atom. The van der Waals surface area contributed by atoms with Crippen LogP contribution in [0.15, 0.2) is 53.4 Å². The first kappa shape index (κ1) is 18.3. The molecule has 0 radical (unpaired) electrons. The average molecular weight is 375 g/mol. The fraction of sp³-hybridized carbons (Fsp3) is 0.350. The van der Waals surface area contributed by atoms with Crippen molar-refractivity contribution in [2.75, 3.05) is 20.1 Å². The van der Waals surface area contributed by atoms with Gasteiger partial charge in [0.2, 0.25) is 0 Å². The standard InChI is InChI=1S/C20H23ClN2OS/c1-23(18-10-12-22-13-11-18)20(24)16-4-2-15(3-5-16)14-25-19-8-6-17(21)7-9-19/h2-9,18,22H,10-14H2,1H3. The third-order valence-corrected chi connectivity index (χ3v) is 5.93. The lowest BCUT2D eigenvalue weighted by atomic mass is 10.0. The second-order valence-corrected chi connectivity index (χ2v) is 7.82. The fourth-order valence-electron chi connectivity index (χ4n) is 3.00. The maximum Gasteiger partial charge on any atom is 0.253 e. The van der Waals surface area contributed by atoms with Crippen molar-refractivity contribution in [3.05, 3.63) is 64.7 Å². The Labute approximate surface area is 158 Å². The number of piperidine rings is 1. The maximum absolute atomic E-state index is 12.7. The normalized spacial score (nSPS) is 15.1. The molecule has 5 heteroatoms. The van der Waals surface area contributed by atoms with Crippen LogP contribution >= 0.6 is 23.4 Å². The van der Waals surface area contributed by atoms with Crippen molar-refractivity contribution in [2.24, 2.45) is 0 Å². The summed E-state index contributed by atoms with van der Waals surface area (Å²) in [4.78, 5) is 15.7. The third-order valence-electron chi connectivity index (χ3n) is 4.60. The molecule has 1 N–H and O–H groups in total. The Bertz CT molecular complexity index is 697. The molecule has 1 aliphatic rings. The molecule has 0 unspecified atom stereocenters. The van der Waals surface area contributed by atoms with E-state index in [2.05, 4.69) is 5.32 Å². The van der Waals surface area contributed by atoms with E-state index in [1.54, 1.807) is 11.8 Å². The summed E-state index contributed by atoms with van der Waals surface area (Å²) in [5, 5.41) is 4.09. The molecule has 0 aliphatic carbocycles. The van der Waals surface area contributed by atoms with E-state index in [0.29, 0.717) is 6.04 Å². The highest BCUT2D eigenvalue weighted by Crippen LogP contribution is 2.24. The van der Waals surface area contributed by atoms with Crippen LogP contribution in [0.2, 0.25) is 5.02 Å². The van der Waals surface area contributed by atoms with Crippen molar-refractivity contribution in [2.45, 2.75) is 29.5 Å². The van der Waals surface area contributed by atoms with Crippen LogP contribution in [0.5, 0.6) is 0 Å². The maximum atomic E-state index is 12.7. The van der Waals surface area contributed by atoms with Crippen molar-refractivity contribution < 1.29 is 4.79 Å². The van der Waals surface area contributed by atoms with E-state index in [4.69, 9.17) is 11.6 Å². The van der Waals surface area contributed by atoms with Gasteiger partial charge in [0.25, 0.3) is 5.91 Å². The molecule has 3 rings (SSSR count). The summed E-state index contributed by atoms with van der Waals surface area (Å²) in [6.45, 7) is 1.98. The minimum Gasteiger partial charge on any atom is -0.339 e. The van der Waals surface area contributed by atoms with Gasteiger partial charge in [-0.15, -0.1) is 11.8 Å². The van der Waals surface area contributed by atoms with Crippen LogP contribution in [0.4, 0.5) is 0 Å². The van der Waals surface area contributed by atoms with Crippen LogP contribution in [0, 0.1) is 0 Å². The number of hydrogen-bond acceptors (Lipinski definition) is 3. The highest BCUT2D eigenvalue weighted by molar-refractivity contribution is 7.98. The number of rotatable bonds is 5. The molecule has 25 heavy (non-hydrogen) atoms. The smallest absolute Gasteiger partial charge is 0.253 e. The average Bonchev–Trinajstić information content (AvgIpc) is 2.67. The Morgan fingerprint density at radius 2 is 1.76 bits per heavy atom. The van der Waals surface area contributed by atoms with Gasteiger partial charge in [0.05, 0.1) is 0 Å². The predicted octanol–water partition coefficient (Wildman–Crippen LogP) is 4.46. The number of hydrogen-bond donors (Lipinski definition) is 1. The number of carbonyl (C=O) groups excluding carboxylic acids is 1. The van der Waals surface area contributed by atoms with Gasteiger partial charge < -0.3 is 10.2 Å². The Hall–Kier alpha value is -1.49. The molecule has 132 valence electrons. The molecule has 2 aromatic rings. The van der Waals surface area contributed by atoms with Crippen LogP contribution < -0.4 is 5.32 Å². The van der Waals surface area contributed by atoms with Gasteiger partial charge in [0.15, 0.2) is 0 Å². The van der Waals surface area contributed by atoms with Crippen LogP contribution in [0.25, 0.3) is 0 Å². The summed E-state index contributed by atoms with van der Waals surface area (Å²) in [6.07, 6.45) is 2.05. The Balaban J connectivity index is 1.57. The van der Waals surface area contributed by atoms with Crippen LogP contribution in [0.1, 0.15) is 28.8 Å². The second-order valence-electron chi connectivity index (χ2n) is 6.34. The zero-order chi connectivity index (χ0) is 17.6. The largest absolute Gasteiger partial charge is 0.339 e. The zero-order valence-electron chi connectivity index (χ0n) is 14.4. The lowest BCUT2D eigenvalue weighted by molar-refractivity contribution is 0.0703. The minimum atomic E-state index is 0.115. The van der Waals surface area contributed by atoms with Crippen LogP contribution in [-0.2, 0) is 5.75 Å². The highest BCUT2D eigenvalue weighted by Gasteiger charge is 2.22. The van der Waals surface area contributed by atoms with Crippen molar-refractivity contribution in [1.82, 2.24) is 10.2 Å². The molecule has 0 saturated carbocycles. The molecule has 0 bridgehead atoms. The molecule has 1 saturated heterocycles. The molecular formula is C20H23ClN2OS. The number of benzene rings is 2. The van der Waals surface area contributed by atoms with E-state index in [1.807, 2.05) is 60.5 Å². The van der Waals surface area contributed by atoms with Gasteiger partial charge in [0, 0.05) is 34.3 Å². The van der Waals surface area contributed by atoms with E-state index in [0.717, 1.165) is 42.3 Å². The number of thioether (sulfide) groups is 1. The third kappa shape index (κ3) is 5.00. The highest BCUT2D eigenvalue weighted by atomic mass is 35.5. The topological polar surface area (TPSA) is 32.3 Å². The van der Waals surface area contributed by atoms with Crippen molar-refractivity contribution in [3.63, 3.8) is 0 Å². The first-order chi connectivity index (χ1) is 12.1. The molecule has 1 fully saturated rings. The van der Waals surface area contributed by atoms with Crippen molar-refractivity contribution >= 4 is 29.3 Å². The molecule has 0 atom stereocenters. The summed E-state index contributed by atoms with van der Waals surface area (Å²) >= 11 is 7.67. The quantitative estimate of drug-likeness (QED) is 0.784. The number of halogens is 1. The van der Waals surface area contributed by atoms with E-state index < -0.39 is 0 Å². The van der Waals surface area contributed by atoms with E-state index in [9.17, 15) is 4.79 Å². The Kier molecular flexibility index (Phi) is 6.40. The lowest BCUT2D eigenvalue weighted by Gasteiger charge is -2.31. The van der Waals surface area contributed by atoms with Gasteiger partial charge in [-0.1, -0.05) is 23.7 Å². The molecule has 3 nitrogen and oxygen atoms in total. The first-order valence-electron chi connectivity index (χ1n) is 8.58. The number of nitrogens with one attached hydrogen (secondary N) is 1. The van der Waals surface area contributed by atoms with Gasteiger partial charge in [0.1, 0.15) is 0 Å². The summed E-state index contributed by atoms with van der Waals surface area (Å²) in [7, 11) is 1.92.